The van der Waals surface area contributed by atoms with Gasteiger partial charge >= 0.3 is 0 Å². The highest BCUT2D eigenvalue weighted by molar-refractivity contribution is 5.97. The number of nitrogens with zero attached hydrogens (tertiary/aromatic N) is 1. The van der Waals surface area contributed by atoms with Gasteiger partial charge in [-0.15, -0.1) is 0 Å². The van der Waals surface area contributed by atoms with Crippen molar-refractivity contribution in [1.29, 1.82) is 0 Å². The number of carbonyl (C=O) groups excluding carboxylic acids is 2. The first-order valence-corrected chi connectivity index (χ1v) is 8.03. The summed E-state index contributed by atoms with van der Waals surface area (Å²) in [6.07, 6.45) is 1.16. The molecule has 1 saturated heterocycles. The van der Waals surface area contributed by atoms with Gasteiger partial charge in [0.2, 0.25) is 5.91 Å². The van der Waals surface area contributed by atoms with Crippen LogP contribution in [-0.2, 0) is 11.2 Å². The average Bonchev–Trinajstić information content (AvgIpc) is 2.78. The molecule has 1 unspecified atom stereocenters. The first-order valence-electron chi connectivity index (χ1n) is 8.03. The molecule has 2 amide bonds. The van der Waals surface area contributed by atoms with E-state index >= 15 is 0 Å². The number of rotatable bonds is 3. The Hall–Kier alpha value is -2.69. The van der Waals surface area contributed by atoms with Crippen LogP contribution in [0.3, 0.4) is 0 Å². The number of benzene rings is 2. The van der Waals surface area contributed by atoms with Gasteiger partial charge in [0.05, 0.1) is 0 Å². The monoisotopic (exact) mass is 326 g/mol. The molecule has 2 aromatic carbocycles. The summed E-state index contributed by atoms with van der Waals surface area (Å²) in [6, 6.07) is 14.5. The Morgan fingerprint density at radius 3 is 2.54 bits per heavy atom. The predicted molar refractivity (Wildman–Crippen MR) is 89.0 cm³/mol. The van der Waals surface area contributed by atoms with E-state index in [1.165, 1.54) is 24.3 Å². The lowest BCUT2D eigenvalue weighted by Crippen LogP contribution is -2.48. The molecule has 0 bridgehead atoms. The Kier molecular flexibility index (Phi) is 4.89. The predicted octanol–water partition coefficient (Wildman–Crippen LogP) is 2.40. The number of carbonyl (C=O) groups is 2. The summed E-state index contributed by atoms with van der Waals surface area (Å²) >= 11 is 0. The largest absolute Gasteiger partial charge is 0.354 e. The van der Waals surface area contributed by atoms with E-state index < -0.39 is 6.04 Å². The highest BCUT2D eigenvalue weighted by atomic mass is 19.1. The van der Waals surface area contributed by atoms with Crippen LogP contribution >= 0.6 is 0 Å². The quantitative estimate of drug-likeness (QED) is 0.941. The van der Waals surface area contributed by atoms with E-state index in [-0.39, 0.29) is 17.6 Å². The molecule has 2 aromatic rings. The lowest BCUT2D eigenvalue weighted by atomic mass is 10.0. The minimum atomic E-state index is -0.563. The highest BCUT2D eigenvalue weighted by Crippen LogP contribution is 2.16. The van der Waals surface area contributed by atoms with E-state index in [4.69, 9.17) is 0 Å². The second-order valence-corrected chi connectivity index (χ2v) is 5.86. The lowest BCUT2D eigenvalue weighted by molar-refractivity contribution is -0.124. The molecule has 4 nitrogen and oxygen atoms in total. The molecule has 0 radical (unpaired) electrons. The maximum Gasteiger partial charge on any atom is 0.254 e. The first kappa shape index (κ1) is 16.2. The van der Waals surface area contributed by atoms with Gasteiger partial charge in [0.15, 0.2) is 0 Å². The second-order valence-electron chi connectivity index (χ2n) is 5.86. The number of halogens is 1. The van der Waals surface area contributed by atoms with Crippen molar-refractivity contribution in [2.75, 3.05) is 13.1 Å². The standard InChI is InChI=1S/C19H19FN2O2/c20-16-9-7-15(8-10-16)19(24)22-12-4-11-21-18(23)17(22)13-14-5-2-1-3-6-14/h1-3,5-10,17H,4,11-13H2,(H,21,23). The summed E-state index contributed by atoms with van der Waals surface area (Å²) in [5.41, 5.74) is 1.39. The summed E-state index contributed by atoms with van der Waals surface area (Å²) in [5.74, 6) is -0.777. The zero-order valence-electron chi connectivity index (χ0n) is 13.2. The number of amides is 2. The third kappa shape index (κ3) is 3.62. The van der Waals surface area contributed by atoms with E-state index in [0.717, 1.165) is 5.56 Å². The molecule has 1 aliphatic rings. The van der Waals surface area contributed by atoms with Gasteiger partial charge in [0.1, 0.15) is 11.9 Å². The molecule has 1 atom stereocenters. The van der Waals surface area contributed by atoms with Crippen LogP contribution in [0.5, 0.6) is 0 Å². The molecule has 1 heterocycles. The van der Waals surface area contributed by atoms with E-state index in [2.05, 4.69) is 5.32 Å². The van der Waals surface area contributed by atoms with Gasteiger partial charge < -0.3 is 10.2 Å². The number of nitrogens with one attached hydrogen (secondary N) is 1. The van der Waals surface area contributed by atoms with Crippen molar-refractivity contribution in [2.45, 2.75) is 18.9 Å². The minimum absolute atomic E-state index is 0.146. The van der Waals surface area contributed by atoms with Gasteiger partial charge in [-0.1, -0.05) is 30.3 Å². The summed E-state index contributed by atoms with van der Waals surface area (Å²) in [6.45, 7) is 1.05. The van der Waals surface area contributed by atoms with Crippen LogP contribution in [0, 0.1) is 5.82 Å². The summed E-state index contributed by atoms with van der Waals surface area (Å²) in [7, 11) is 0. The molecule has 1 aliphatic heterocycles. The number of hydrogen-bond donors (Lipinski definition) is 1. The Morgan fingerprint density at radius 1 is 1.12 bits per heavy atom. The van der Waals surface area contributed by atoms with Crippen molar-refractivity contribution in [3.05, 3.63) is 71.5 Å². The van der Waals surface area contributed by atoms with Crippen LogP contribution in [0.1, 0.15) is 22.3 Å². The maximum absolute atomic E-state index is 13.1. The van der Waals surface area contributed by atoms with Crippen LogP contribution in [0.15, 0.2) is 54.6 Å². The normalized spacial score (nSPS) is 18.0. The Labute approximate surface area is 140 Å². The van der Waals surface area contributed by atoms with Crippen molar-refractivity contribution in [3.63, 3.8) is 0 Å². The van der Waals surface area contributed by atoms with Crippen molar-refractivity contribution in [1.82, 2.24) is 10.2 Å². The van der Waals surface area contributed by atoms with E-state index in [0.29, 0.717) is 31.5 Å². The molecule has 24 heavy (non-hydrogen) atoms. The van der Waals surface area contributed by atoms with Gasteiger partial charge in [-0.25, -0.2) is 4.39 Å². The smallest absolute Gasteiger partial charge is 0.254 e. The van der Waals surface area contributed by atoms with Gasteiger partial charge in [-0.05, 0) is 36.2 Å². The van der Waals surface area contributed by atoms with Crippen molar-refractivity contribution in [3.8, 4) is 0 Å². The molecule has 0 aromatic heterocycles. The molecule has 3 rings (SSSR count). The molecule has 5 heteroatoms. The van der Waals surface area contributed by atoms with Gasteiger partial charge in [-0.3, -0.25) is 9.59 Å². The molecule has 0 aliphatic carbocycles. The molecular weight excluding hydrogens is 307 g/mol. The fourth-order valence-corrected chi connectivity index (χ4v) is 2.92. The molecule has 0 saturated carbocycles. The molecule has 124 valence electrons. The second kappa shape index (κ2) is 7.25. The Bertz CT molecular complexity index is 716. The van der Waals surface area contributed by atoms with Crippen LogP contribution in [-0.4, -0.2) is 35.8 Å². The topological polar surface area (TPSA) is 49.4 Å². The zero-order valence-corrected chi connectivity index (χ0v) is 13.2. The fraction of sp³-hybridized carbons (Fsp3) is 0.263. The third-order valence-corrected chi connectivity index (χ3v) is 4.18. The average molecular weight is 326 g/mol. The van der Waals surface area contributed by atoms with Gasteiger partial charge in [0.25, 0.3) is 5.91 Å². The van der Waals surface area contributed by atoms with Crippen molar-refractivity contribution in [2.24, 2.45) is 0 Å². The van der Waals surface area contributed by atoms with Crippen LogP contribution in [0.2, 0.25) is 0 Å². The van der Waals surface area contributed by atoms with E-state index in [1.807, 2.05) is 30.3 Å². The van der Waals surface area contributed by atoms with Crippen LogP contribution in [0.4, 0.5) is 4.39 Å². The molecule has 1 N–H and O–H groups in total. The minimum Gasteiger partial charge on any atom is -0.354 e. The molecule has 1 fully saturated rings. The maximum atomic E-state index is 13.1. The van der Waals surface area contributed by atoms with Crippen molar-refractivity contribution >= 4 is 11.8 Å². The molecular formula is C19H19FN2O2. The van der Waals surface area contributed by atoms with Crippen molar-refractivity contribution < 1.29 is 14.0 Å². The first-order chi connectivity index (χ1) is 11.6. The summed E-state index contributed by atoms with van der Waals surface area (Å²) in [4.78, 5) is 26.9. The van der Waals surface area contributed by atoms with Gasteiger partial charge in [0, 0.05) is 25.1 Å². The van der Waals surface area contributed by atoms with Crippen LogP contribution in [0.25, 0.3) is 0 Å². The molecule has 0 spiro atoms. The number of hydrogen-bond acceptors (Lipinski definition) is 2. The fourth-order valence-electron chi connectivity index (χ4n) is 2.92. The zero-order chi connectivity index (χ0) is 16.9. The third-order valence-electron chi connectivity index (χ3n) is 4.18. The SMILES string of the molecule is O=C1NCCCN(C(=O)c2ccc(F)cc2)C1Cc1ccccc1. The van der Waals surface area contributed by atoms with E-state index in [1.54, 1.807) is 4.90 Å². The summed E-state index contributed by atoms with van der Waals surface area (Å²) < 4.78 is 13.1. The highest BCUT2D eigenvalue weighted by Gasteiger charge is 2.32. The Balaban J connectivity index is 1.87. The Morgan fingerprint density at radius 2 is 1.83 bits per heavy atom. The van der Waals surface area contributed by atoms with Gasteiger partial charge in [-0.2, -0.15) is 0 Å². The summed E-state index contributed by atoms with van der Waals surface area (Å²) in [5, 5.41) is 2.87. The van der Waals surface area contributed by atoms with Crippen LogP contribution < -0.4 is 5.32 Å². The lowest BCUT2D eigenvalue weighted by Gasteiger charge is -2.28. The van der Waals surface area contributed by atoms with E-state index in [9.17, 15) is 14.0 Å².